The minimum Gasteiger partial charge on any atom is -0.465 e. The Balaban J connectivity index is 2.72. The first-order valence-electron chi connectivity index (χ1n) is 3.44. The van der Waals surface area contributed by atoms with Crippen molar-refractivity contribution in [3.63, 3.8) is 0 Å². The van der Waals surface area contributed by atoms with E-state index in [1.165, 1.54) is 0 Å². The second-order valence-corrected chi connectivity index (χ2v) is 2.68. The molecule has 5 heteroatoms. The largest absolute Gasteiger partial charge is 0.465 e. The summed E-state index contributed by atoms with van der Waals surface area (Å²) in [5.41, 5.74) is -1.54. The molecule has 64 valence electrons. The molecule has 0 bridgehead atoms. The third-order valence-electron chi connectivity index (χ3n) is 1.95. The predicted molar refractivity (Wildman–Crippen MR) is 36.0 cm³/mol. The van der Waals surface area contributed by atoms with Crippen LogP contribution < -0.4 is 0 Å². The van der Waals surface area contributed by atoms with Gasteiger partial charge >= 0.3 is 6.09 Å². The van der Waals surface area contributed by atoms with Crippen molar-refractivity contribution in [2.75, 3.05) is 13.2 Å². The first-order chi connectivity index (χ1) is 5.10. The van der Waals surface area contributed by atoms with Gasteiger partial charge in [0.1, 0.15) is 0 Å². The summed E-state index contributed by atoms with van der Waals surface area (Å²) in [6.07, 6.45) is -0.266. The SMILES string of the molecule is O=C(O)N1CCC[C@]1(O)CO. The third kappa shape index (κ3) is 1.29. The van der Waals surface area contributed by atoms with Crippen molar-refractivity contribution in [3.8, 4) is 0 Å². The fourth-order valence-electron chi connectivity index (χ4n) is 1.30. The van der Waals surface area contributed by atoms with Gasteiger partial charge in [-0.1, -0.05) is 0 Å². The van der Waals surface area contributed by atoms with Gasteiger partial charge in [0, 0.05) is 6.54 Å². The van der Waals surface area contributed by atoms with Crippen LogP contribution in [0.2, 0.25) is 0 Å². The lowest BCUT2D eigenvalue weighted by Crippen LogP contribution is -2.49. The maximum Gasteiger partial charge on any atom is 0.409 e. The molecule has 1 aliphatic heterocycles. The number of aliphatic hydroxyl groups excluding tert-OH is 1. The minimum atomic E-state index is -1.54. The van der Waals surface area contributed by atoms with E-state index in [0.717, 1.165) is 4.90 Å². The highest BCUT2D eigenvalue weighted by molar-refractivity contribution is 5.66. The smallest absolute Gasteiger partial charge is 0.409 e. The molecule has 1 fully saturated rings. The normalized spacial score (nSPS) is 30.9. The van der Waals surface area contributed by atoms with Gasteiger partial charge in [0.05, 0.1) is 6.61 Å². The summed E-state index contributed by atoms with van der Waals surface area (Å²) < 4.78 is 0. The second kappa shape index (κ2) is 2.67. The van der Waals surface area contributed by atoms with E-state index < -0.39 is 18.4 Å². The summed E-state index contributed by atoms with van der Waals surface area (Å²) >= 11 is 0. The summed E-state index contributed by atoms with van der Waals surface area (Å²) in [6, 6.07) is 0. The molecule has 1 amide bonds. The van der Waals surface area contributed by atoms with Gasteiger partial charge in [0.25, 0.3) is 0 Å². The lowest BCUT2D eigenvalue weighted by Gasteiger charge is -2.28. The molecular weight excluding hydrogens is 150 g/mol. The Kier molecular flexibility index (Phi) is 2.01. The number of rotatable bonds is 1. The van der Waals surface area contributed by atoms with Crippen molar-refractivity contribution in [2.45, 2.75) is 18.6 Å². The van der Waals surface area contributed by atoms with E-state index in [0.29, 0.717) is 19.4 Å². The molecule has 1 aliphatic rings. The maximum absolute atomic E-state index is 10.4. The molecule has 5 nitrogen and oxygen atoms in total. The van der Waals surface area contributed by atoms with Crippen molar-refractivity contribution in [1.29, 1.82) is 0 Å². The van der Waals surface area contributed by atoms with Crippen molar-refractivity contribution < 1.29 is 20.1 Å². The number of carboxylic acid groups (broad SMARTS) is 1. The van der Waals surface area contributed by atoms with Crippen molar-refractivity contribution in [2.24, 2.45) is 0 Å². The van der Waals surface area contributed by atoms with E-state index in [2.05, 4.69) is 0 Å². The third-order valence-corrected chi connectivity index (χ3v) is 1.95. The van der Waals surface area contributed by atoms with Crippen LogP contribution >= 0.6 is 0 Å². The molecule has 0 aromatic carbocycles. The summed E-state index contributed by atoms with van der Waals surface area (Å²) in [5, 5.41) is 26.6. The fourth-order valence-corrected chi connectivity index (χ4v) is 1.30. The number of amides is 1. The highest BCUT2D eigenvalue weighted by Gasteiger charge is 2.41. The van der Waals surface area contributed by atoms with Gasteiger partial charge in [-0.05, 0) is 12.8 Å². The summed E-state index contributed by atoms with van der Waals surface area (Å²) in [6.45, 7) is -0.230. The highest BCUT2D eigenvalue weighted by atomic mass is 16.4. The molecule has 1 rings (SSSR count). The molecule has 1 saturated heterocycles. The van der Waals surface area contributed by atoms with E-state index in [1.807, 2.05) is 0 Å². The van der Waals surface area contributed by atoms with Crippen LogP contribution in [0.25, 0.3) is 0 Å². The fraction of sp³-hybridized carbons (Fsp3) is 0.833. The Morgan fingerprint density at radius 1 is 1.64 bits per heavy atom. The number of hydrogen-bond acceptors (Lipinski definition) is 3. The van der Waals surface area contributed by atoms with Gasteiger partial charge in [0.2, 0.25) is 0 Å². The zero-order chi connectivity index (χ0) is 8.48. The van der Waals surface area contributed by atoms with Crippen LogP contribution in [0.4, 0.5) is 4.79 Å². The summed E-state index contributed by atoms with van der Waals surface area (Å²) in [7, 11) is 0. The Hall–Kier alpha value is -0.810. The van der Waals surface area contributed by atoms with Gasteiger partial charge in [-0.3, -0.25) is 4.90 Å². The van der Waals surface area contributed by atoms with E-state index in [4.69, 9.17) is 10.2 Å². The molecule has 1 heterocycles. The predicted octanol–water partition coefficient (Wildman–Crippen LogP) is -0.559. The molecule has 0 aromatic heterocycles. The van der Waals surface area contributed by atoms with E-state index in [-0.39, 0.29) is 0 Å². The molecule has 0 spiro atoms. The molecule has 11 heavy (non-hydrogen) atoms. The zero-order valence-electron chi connectivity index (χ0n) is 6.03. The lowest BCUT2D eigenvalue weighted by atomic mass is 10.2. The molecule has 0 unspecified atom stereocenters. The average Bonchev–Trinajstić information content (AvgIpc) is 2.32. The number of carbonyl (C=O) groups is 1. The number of hydrogen-bond donors (Lipinski definition) is 3. The number of likely N-dealkylation sites (tertiary alicyclic amines) is 1. The van der Waals surface area contributed by atoms with Crippen LogP contribution in [-0.4, -0.2) is 45.2 Å². The second-order valence-electron chi connectivity index (χ2n) is 2.68. The molecular formula is C6H11NO4. The van der Waals surface area contributed by atoms with Crippen LogP contribution in [-0.2, 0) is 0 Å². The van der Waals surface area contributed by atoms with Crippen molar-refractivity contribution in [3.05, 3.63) is 0 Å². The van der Waals surface area contributed by atoms with E-state index >= 15 is 0 Å². The summed E-state index contributed by atoms with van der Waals surface area (Å²) in [5.74, 6) is 0. The monoisotopic (exact) mass is 161 g/mol. The summed E-state index contributed by atoms with van der Waals surface area (Å²) in [4.78, 5) is 11.3. The number of nitrogens with zero attached hydrogens (tertiary/aromatic N) is 1. The quantitative estimate of drug-likeness (QED) is 0.481. The molecule has 3 N–H and O–H groups in total. The van der Waals surface area contributed by atoms with Gasteiger partial charge < -0.3 is 15.3 Å². The van der Waals surface area contributed by atoms with Gasteiger partial charge in [0.15, 0.2) is 5.72 Å². The van der Waals surface area contributed by atoms with Crippen LogP contribution in [0.15, 0.2) is 0 Å². The molecule has 0 saturated carbocycles. The van der Waals surface area contributed by atoms with Gasteiger partial charge in [-0.2, -0.15) is 0 Å². The van der Waals surface area contributed by atoms with Crippen molar-refractivity contribution in [1.82, 2.24) is 4.90 Å². The van der Waals surface area contributed by atoms with Crippen LogP contribution in [0.5, 0.6) is 0 Å². The lowest BCUT2D eigenvalue weighted by molar-refractivity contribution is -0.0995. The van der Waals surface area contributed by atoms with Crippen LogP contribution in [0.1, 0.15) is 12.8 Å². The zero-order valence-corrected chi connectivity index (χ0v) is 6.03. The Bertz CT molecular complexity index is 172. The Labute approximate surface area is 63.9 Å². The number of aliphatic hydroxyl groups is 2. The molecule has 1 atom stereocenters. The minimum absolute atomic E-state index is 0.298. The van der Waals surface area contributed by atoms with E-state index in [9.17, 15) is 9.90 Å². The molecule has 0 aliphatic carbocycles. The van der Waals surface area contributed by atoms with E-state index in [1.54, 1.807) is 0 Å². The van der Waals surface area contributed by atoms with Crippen LogP contribution in [0.3, 0.4) is 0 Å². The molecule has 0 aromatic rings. The Morgan fingerprint density at radius 2 is 2.27 bits per heavy atom. The van der Waals surface area contributed by atoms with Crippen molar-refractivity contribution >= 4 is 6.09 Å². The molecule has 0 radical (unpaired) electrons. The van der Waals surface area contributed by atoms with Gasteiger partial charge in [-0.15, -0.1) is 0 Å². The Morgan fingerprint density at radius 3 is 2.64 bits per heavy atom. The maximum atomic E-state index is 10.4. The first-order valence-corrected chi connectivity index (χ1v) is 3.44. The van der Waals surface area contributed by atoms with Gasteiger partial charge in [-0.25, -0.2) is 4.79 Å². The standard InChI is InChI=1S/C6H11NO4/c8-4-6(11)2-1-3-7(6)5(9)10/h8,11H,1-4H2,(H,9,10)/t6-/m0/s1. The average molecular weight is 161 g/mol. The van der Waals surface area contributed by atoms with Crippen LogP contribution in [0, 0.1) is 0 Å². The highest BCUT2D eigenvalue weighted by Crippen LogP contribution is 2.25. The topological polar surface area (TPSA) is 81.0 Å². The first kappa shape index (κ1) is 8.29.